The molecular weight excluding hydrogens is 197 g/mol. The summed E-state index contributed by atoms with van der Waals surface area (Å²) in [6, 6.07) is 0. The van der Waals surface area contributed by atoms with Crippen molar-refractivity contribution in [2.24, 2.45) is 0 Å². The summed E-state index contributed by atoms with van der Waals surface area (Å²) in [7, 11) is -0.384. The second kappa shape index (κ2) is 4.68. The van der Waals surface area contributed by atoms with Crippen LogP contribution in [0.1, 0.15) is 20.8 Å². The van der Waals surface area contributed by atoms with Gasteiger partial charge < -0.3 is 19.7 Å². The van der Waals surface area contributed by atoms with Crippen LogP contribution in [0.5, 0.6) is 0 Å². The van der Waals surface area contributed by atoms with E-state index in [9.17, 15) is 4.79 Å². The van der Waals surface area contributed by atoms with Gasteiger partial charge in [-0.3, -0.25) is 0 Å². The van der Waals surface area contributed by atoms with Crippen molar-refractivity contribution < 1.29 is 19.2 Å². The summed E-state index contributed by atoms with van der Waals surface area (Å²) in [5.41, 5.74) is -0.296. The smallest absolute Gasteiger partial charge is 0.465 e. The maximum absolute atomic E-state index is 10.1. The molecule has 0 aliphatic carbocycles. The number of hydrogen-bond acceptors (Lipinski definition) is 3. The van der Waals surface area contributed by atoms with E-state index in [1.807, 2.05) is 20.8 Å². The van der Waals surface area contributed by atoms with E-state index in [1.54, 1.807) is 12.1 Å². The first-order valence-corrected chi connectivity index (χ1v) is 4.88. The Labute approximate surface area is 89.6 Å². The molecule has 1 aliphatic heterocycles. The van der Waals surface area contributed by atoms with Crippen LogP contribution >= 0.6 is 0 Å². The third kappa shape index (κ3) is 3.56. The number of carbonyl (C=O) groups is 1. The summed E-state index contributed by atoms with van der Waals surface area (Å²) in [5, 5.41) is 10.5. The average molecular weight is 213 g/mol. The van der Waals surface area contributed by atoms with E-state index in [1.165, 1.54) is 0 Å². The quantitative estimate of drug-likeness (QED) is 0.687. The Balaban J connectivity index is 2.32. The molecule has 0 aromatic heterocycles. The lowest BCUT2D eigenvalue weighted by Gasteiger charge is -2.21. The Hall–Kier alpha value is -1.01. The summed E-state index contributed by atoms with van der Waals surface area (Å²) >= 11 is 0. The van der Waals surface area contributed by atoms with Crippen molar-refractivity contribution in [1.82, 2.24) is 5.32 Å². The van der Waals surface area contributed by atoms with Crippen molar-refractivity contribution in [2.75, 3.05) is 6.54 Å². The minimum absolute atomic E-state index is 0.0274. The number of hydrogen-bond donors (Lipinski definition) is 2. The Morgan fingerprint density at radius 1 is 1.67 bits per heavy atom. The first-order valence-electron chi connectivity index (χ1n) is 4.88. The van der Waals surface area contributed by atoms with E-state index >= 15 is 0 Å². The van der Waals surface area contributed by atoms with Gasteiger partial charge in [0, 0.05) is 6.54 Å². The molecule has 1 heterocycles. The lowest BCUT2D eigenvalue weighted by atomic mass is 9.90. The second-order valence-electron chi connectivity index (χ2n) is 3.98. The summed E-state index contributed by atoms with van der Waals surface area (Å²) in [6.07, 6.45) is 0.661. The summed E-state index contributed by atoms with van der Waals surface area (Å²) in [4.78, 5) is 10.1. The van der Waals surface area contributed by atoms with Gasteiger partial charge in [-0.05, 0) is 20.8 Å². The van der Waals surface area contributed by atoms with Gasteiger partial charge in [0.2, 0.25) is 0 Å². The molecule has 1 rings (SSSR count). The van der Waals surface area contributed by atoms with Crippen molar-refractivity contribution in [3.63, 3.8) is 0 Å². The number of rotatable bonds is 3. The van der Waals surface area contributed by atoms with Crippen LogP contribution in [0.3, 0.4) is 0 Å². The molecule has 0 bridgehead atoms. The molecule has 1 fully saturated rings. The minimum Gasteiger partial charge on any atom is -0.465 e. The molecule has 1 saturated heterocycles. The van der Waals surface area contributed by atoms with Crippen LogP contribution in [0.4, 0.5) is 4.79 Å². The van der Waals surface area contributed by atoms with Gasteiger partial charge in [0.25, 0.3) is 0 Å². The SMILES string of the molecule is CC1OB(/C=C/CNC(=O)O)OC1(C)C. The van der Waals surface area contributed by atoms with Crippen molar-refractivity contribution >= 4 is 13.2 Å². The van der Waals surface area contributed by atoms with E-state index in [0.717, 1.165) is 0 Å². The van der Waals surface area contributed by atoms with Gasteiger partial charge in [-0.1, -0.05) is 12.1 Å². The molecule has 0 aromatic carbocycles. The van der Waals surface area contributed by atoms with E-state index in [4.69, 9.17) is 14.4 Å². The van der Waals surface area contributed by atoms with Gasteiger partial charge in [0.1, 0.15) is 0 Å². The summed E-state index contributed by atoms with van der Waals surface area (Å²) in [5.74, 6) is 1.71. The fourth-order valence-electron chi connectivity index (χ4n) is 1.20. The number of nitrogens with one attached hydrogen (secondary N) is 1. The Morgan fingerprint density at radius 3 is 2.80 bits per heavy atom. The van der Waals surface area contributed by atoms with Gasteiger partial charge in [-0.25, -0.2) is 4.79 Å². The van der Waals surface area contributed by atoms with Gasteiger partial charge >= 0.3 is 13.2 Å². The minimum atomic E-state index is -1.04. The van der Waals surface area contributed by atoms with Crippen LogP contribution in [-0.4, -0.2) is 36.6 Å². The fourth-order valence-corrected chi connectivity index (χ4v) is 1.20. The molecule has 0 radical (unpaired) electrons. The predicted molar refractivity (Wildman–Crippen MR) is 56.6 cm³/mol. The van der Waals surface area contributed by atoms with Gasteiger partial charge in [0.05, 0.1) is 11.7 Å². The Bertz CT molecular complexity index is 267. The number of carboxylic acid groups (broad SMARTS) is 1. The third-order valence-electron chi connectivity index (χ3n) is 2.40. The predicted octanol–water partition coefficient (Wildman–Crippen LogP) is 1.05. The van der Waals surface area contributed by atoms with Gasteiger partial charge in [-0.2, -0.15) is 0 Å². The molecule has 1 unspecified atom stereocenters. The monoisotopic (exact) mass is 213 g/mol. The molecule has 0 spiro atoms. The van der Waals surface area contributed by atoms with Crippen LogP contribution < -0.4 is 5.32 Å². The van der Waals surface area contributed by atoms with Crippen LogP contribution in [0.15, 0.2) is 12.1 Å². The molecule has 1 aliphatic rings. The largest absolute Gasteiger partial charge is 0.486 e. The maximum atomic E-state index is 10.1. The molecule has 1 amide bonds. The molecule has 0 aromatic rings. The lowest BCUT2D eigenvalue weighted by molar-refractivity contribution is 0.0842. The summed E-state index contributed by atoms with van der Waals surface area (Å²) in [6.45, 7) is 6.12. The van der Waals surface area contributed by atoms with Crippen molar-refractivity contribution in [3.05, 3.63) is 12.1 Å². The zero-order valence-corrected chi connectivity index (χ0v) is 9.19. The standard InChI is InChI=1S/C9H16BNO4/c1-7-9(2,3)15-10(14-7)5-4-6-11-8(12)13/h4-5,7,11H,6H2,1-3H3,(H,12,13)/b5-4+. The first-order chi connectivity index (χ1) is 6.92. The molecule has 84 valence electrons. The Morgan fingerprint density at radius 2 is 2.33 bits per heavy atom. The number of amides is 1. The fraction of sp³-hybridized carbons (Fsp3) is 0.667. The van der Waals surface area contributed by atoms with Crippen molar-refractivity contribution in [3.8, 4) is 0 Å². The topological polar surface area (TPSA) is 67.8 Å². The van der Waals surface area contributed by atoms with Crippen LogP contribution in [-0.2, 0) is 9.31 Å². The van der Waals surface area contributed by atoms with Crippen molar-refractivity contribution in [1.29, 1.82) is 0 Å². The average Bonchev–Trinajstić information content (AvgIpc) is 2.35. The van der Waals surface area contributed by atoms with E-state index < -0.39 is 6.09 Å². The normalized spacial score (nSPS) is 24.7. The Kier molecular flexibility index (Phi) is 3.76. The van der Waals surface area contributed by atoms with Crippen LogP contribution in [0, 0.1) is 0 Å². The maximum Gasteiger partial charge on any atom is 0.486 e. The highest BCUT2D eigenvalue weighted by Gasteiger charge is 2.41. The molecule has 6 heteroatoms. The molecule has 2 N–H and O–H groups in total. The second-order valence-corrected chi connectivity index (χ2v) is 3.98. The highest BCUT2D eigenvalue weighted by molar-refractivity contribution is 6.51. The van der Waals surface area contributed by atoms with Crippen LogP contribution in [0.2, 0.25) is 0 Å². The molecule has 0 saturated carbocycles. The highest BCUT2D eigenvalue weighted by Crippen LogP contribution is 2.26. The third-order valence-corrected chi connectivity index (χ3v) is 2.40. The van der Waals surface area contributed by atoms with E-state index in [2.05, 4.69) is 5.32 Å². The highest BCUT2D eigenvalue weighted by atomic mass is 16.7. The van der Waals surface area contributed by atoms with Gasteiger partial charge in [0.15, 0.2) is 0 Å². The van der Waals surface area contributed by atoms with Crippen molar-refractivity contribution in [2.45, 2.75) is 32.5 Å². The molecular formula is C9H16BNO4. The first kappa shape index (κ1) is 12.1. The van der Waals surface area contributed by atoms with Crippen LogP contribution in [0.25, 0.3) is 0 Å². The van der Waals surface area contributed by atoms with Gasteiger partial charge in [-0.15, -0.1) is 0 Å². The molecule has 1 atom stereocenters. The molecule has 15 heavy (non-hydrogen) atoms. The van der Waals surface area contributed by atoms with E-state index in [0.29, 0.717) is 0 Å². The lowest BCUT2D eigenvalue weighted by Crippen LogP contribution is -2.30. The summed E-state index contributed by atoms with van der Waals surface area (Å²) < 4.78 is 11.1. The molecule has 5 nitrogen and oxygen atoms in total. The zero-order valence-electron chi connectivity index (χ0n) is 9.19. The zero-order chi connectivity index (χ0) is 11.5. The van der Waals surface area contributed by atoms with E-state index in [-0.39, 0.29) is 25.4 Å².